The van der Waals surface area contributed by atoms with Gasteiger partial charge >= 0.3 is 0 Å². The quantitative estimate of drug-likeness (QED) is 0.608. The summed E-state index contributed by atoms with van der Waals surface area (Å²) in [6.45, 7) is 0. The second-order valence-electron chi connectivity index (χ2n) is 4.33. The van der Waals surface area contributed by atoms with E-state index in [2.05, 4.69) is 36.8 Å². The fourth-order valence-corrected chi connectivity index (χ4v) is 2.31. The minimum Gasteiger partial charge on any atom is -0.0622 e. The predicted molar refractivity (Wildman–Crippen MR) is 61.0 cm³/mol. The van der Waals surface area contributed by atoms with Crippen LogP contribution in [0.1, 0.15) is 44.1 Å². The van der Waals surface area contributed by atoms with Crippen LogP contribution in [0.15, 0.2) is 30.3 Å². The Balaban J connectivity index is 1.90. The van der Waals surface area contributed by atoms with E-state index >= 15 is 0 Å². The van der Waals surface area contributed by atoms with Crippen molar-refractivity contribution >= 4 is 0 Å². The first kappa shape index (κ1) is 9.76. The van der Waals surface area contributed by atoms with Crippen molar-refractivity contribution in [2.75, 3.05) is 0 Å². The van der Waals surface area contributed by atoms with Crippen LogP contribution in [0, 0.1) is 12.3 Å². The third-order valence-electron chi connectivity index (χ3n) is 3.13. The van der Waals surface area contributed by atoms with Gasteiger partial charge in [-0.3, -0.25) is 0 Å². The van der Waals surface area contributed by atoms with Gasteiger partial charge in [-0.15, -0.1) is 0 Å². The highest BCUT2D eigenvalue weighted by Crippen LogP contribution is 2.27. The molecule has 0 saturated heterocycles. The summed E-state index contributed by atoms with van der Waals surface area (Å²) in [5.41, 5.74) is 1.40. The topological polar surface area (TPSA) is 0 Å². The SMILES string of the molecule is [CH](c1ccccc1)C1CCCCCC1. The Bertz CT molecular complexity index is 242. The highest BCUT2D eigenvalue weighted by molar-refractivity contribution is 5.23. The van der Waals surface area contributed by atoms with Gasteiger partial charge in [0.05, 0.1) is 0 Å². The summed E-state index contributed by atoms with van der Waals surface area (Å²) in [4.78, 5) is 0. The molecular weight excluding hydrogens is 168 g/mol. The number of benzene rings is 1. The van der Waals surface area contributed by atoms with Gasteiger partial charge in [0.1, 0.15) is 0 Å². The summed E-state index contributed by atoms with van der Waals surface area (Å²) in [6, 6.07) is 10.8. The largest absolute Gasteiger partial charge is 0.0622 e. The van der Waals surface area contributed by atoms with Crippen molar-refractivity contribution in [3.05, 3.63) is 42.3 Å². The number of hydrogen-bond acceptors (Lipinski definition) is 0. The molecule has 1 radical (unpaired) electrons. The third kappa shape index (κ3) is 2.87. The molecule has 0 heterocycles. The van der Waals surface area contributed by atoms with Crippen molar-refractivity contribution in [3.8, 4) is 0 Å². The molecule has 1 fully saturated rings. The lowest BCUT2D eigenvalue weighted by Gasteiger charge is -2.12. The maximum Gasteiger partial charge on any atom is -0.00621 e. The van der Waals surface area contributed by atoms with Crippen LogP contribution in [0.3, 0.4) is 0 Å². The fraction of sp³-hybridized carbons (Fsp3) is 0.500. The van der Waals surface area contributed by atoms with Gasteiger partial charge in [-0.2, -0.15) is 0 Å². The zero-order valence-electron chi connectivity index (χ0n) is 8.78. The second-order valence-corrected chi connectivity index (χ2v) is 4.33. The lowest BCUT2D eigenvalue weighted by atomic mass is 9.93. The van der Waals surface area contributed by atoms with Crippen LogP contribution < -0.4 is 0 Å². The molecule has 0 heteroatoms. The molecule has 14 heavy (non-hydrogen) atoms. The first-order valence-corrected chi connectivity index (χ1v) is 5.85. The van der Waals surface area contributed by atoms with E-state index in [1.54, 1.807) is 0 Å². The Morgan fingerprint density at radius 1 is 0.857 bits per heavy atom. The van der Waals surface area contributed by atoms with E-state index in [9.17, 15) is 0 Å². The molecule has 0 bridgehead atoms. The smallest absolute Gasteiger partial charge is 0.00621 e. The Kier molecular flexibility index (Phi) is 3.62. The second kappa shape index (κ2) is 5.19. The zero-order valence-corrected chi connectivity index (χ0v) is 8.78. The fourth-order valence-electron chi connectivity index (χ4n) is 2.31. The van der Waals surface area contributed by atoms with Crippen molar-refractivity contribution in [3.63, 3.8) is 0 Å². The predicted octanol–water partition coefficient (Wildman–Crippen LogP) is 4.21. The van der Waals surface area contributed by atoms with Crippen LogP contribution in [0.4, 0.5) is 0 Å². The first-order valence-electron chi connectivity index (χ1n) is 5.85. The van der Waals surface area contributed by atoms with E-state index < -0.39 is 0 Å². The van der Waals surface area contributed by atoms with Crippen LogP contribution >= 0.6 is 0 Å². The van der Waals surface area contributed by atoms with Crippen LogP contribution in [-0.4, -0.2) is 0 Å². The van der Waals surface area contributed by atoms with Crippen molar-refractivity contribution in [1.29, 1.82) is 0 Å². The molecule has 2 rings (SSSR count). The van der Waals surface area contributed by atoms with Crippen molar-refractivity contribution in [1.82, 2.24) is 0 Å². The average Bonchev–Trinajstić information content (AvgIpc) is 2.48. The minimum absolute atomic E-state index is 0.833. The van der Waals surface area contributed by atoms with Crippen LogP contribution in [0.5, 0.6) is 0 Å². The Hall–Kier alpha value is -0.780. The maximum atomic E-state index is 2.46. The lowest BCUT2D eigenvalue weighted by Crippen LogP contribution is -2.00. The molecule has 0 amide bonds. The van der Waals surface area contributed by atoms with Gasteiger partial charge in [-0.25, -0.2) is 0 Å². The van der Waals surface area contributed by atoms with E-state index in [0.29, 0.717) is 0 Å². The van der Waals surface area contributed by atoms with Crippen molar-refractivity contribution in [2.24, 2.45) is 5.92 Å². The van der Waals surface area contributed by atoms with E-state index in [1.165, 1.54) is 44.1 Å². The molecule has 0 aliphatic heterocycles. The van der Waals surface area contributed by atoms with E-state index in [-0.39, 0.29) is 0 Å². The molecule has 1 aromatic rings. The molecule has 0 N–H and O–H groups in total. The van der Waals surface area contributed by atoms with Gasteiger partial charge in [0.2, 0.25) is 0 Å². The molecule has 0 unspecified atom stereocenters. The number of rotatable bonds is 2. The summed E-state index contributed by atoms with van der Waals surface area (Å²) >= 11 is 0. The average molecular weight is 187 g/mol. The van der Waals surface area contributed by atoms with Crippen molar-refractivity contribution < 1.29 is 0 Å². The normalized spacial score (nSPS) is 19.1. The molecule has 0 atom stereocenters. The molecule has 0 aromatic heterocycles. The lowest BCUT2D eigenvalue weighted by molar-refractivity contribution is 0.531. The summed E-state index contributed by atoms with van der Waals surface area (Å²) in [5.74, 6) is 0.833. The highest BCUT2D eigenvalue weighted by atomic mass is 14.2. The van der Waals surface area contributed by atoms with E-state index in [4.69, 9.17) is 0 Å². The maximum absolute atomic E-state index is 2.46. The Morgan fingerprint density at radius 2 is 1.50 bits per heavy atom. The minimum atomic E-state index is 0.833. The summed E-state index contributed by atoms with van der Waals surface area (Å²) in [7, 11) is 0. The summed E-state index contributed by atoms with van der Waals surface area (Å²) < 4.78 is 0. The molecule has 1 aliphatic rings. The molecule has 0 nitrogen and oxygen atoms in total. The van der Waals surface area contributed by atoms with E-state index in [0.717, 1.165) is 5.92 Å². The van der Waals surface area contributed by atoms with Gasteiger partial charge in [-0.1, -0.05) is 56.0 Å². The van der Waals surface area contributed by atoms with Gasteiger partial charge in [0, 0.05) is 0 Å². The monoisotopic (exact) mass is 187 g/mol. The van der Waals surface area contributed by atoms with Gasteiger partial charge < -0.3 is 0 Å². The van der Waals surface area contributed by atoms with Gasteiger partial charge in [0.25, 0.3) is 0 Å². The summed E-state index contributed by atoms with van der Waals surface area (Å²) in [6.07, 6.45) is 11.0. The molecule has 1 aromatic carbocycles. The first-order chi connectivity index (χ1) is 6.95. The van der Waals surface area contributed by atoms with Crippen LogP contribution in [0.2, 0.25) is 0 Å². The zero-order chi connectivity index (χ0) is 9.64. The van der Waals surface area contributed by atoms with Crippen LogP contribution in [-0.2, 0) is 0 Å². The standard InChI is InChI=1S/C14H19/c1-2-5-9-13(8-4-1)12-14-10-6-3-7-11-14/h3,6-7,10-13H,1-2,4-5,8-9H2. The molecular formula is C14H19. The molecule has 1 saturated carbocycles. The Morgan fingerprint density at radius 3 is 2.14 bits per heavy atom. The number of hydrogen-bond donors (Lipinski definition) is 0. The van der Waals surface area contributed by atoms with Gasteiger partial charge in [0.15, 0.2) is 0 Å². The molecule has 0 spiro atoms. The highest BCUT2D eigenvalue weighted by Gasteiger charge is 2.12. The van der Waals surface area contributed by atoms with Crippen LogP contribution in [0.25, 0.3) is 0 Å². The van der Waals surface area contributed by atoms with Gasteiger partial charge in [-0.05, 0) is 30.7 Å². The molecule has 75 valence electrons. The third-order valence-corrected chi connectivity index (χ3v) is 3.13. The molecule has 1 aliphatic carbocycles. The van der Waals surface area contributed by atoms with Crippen molar-refractivity contribution in [2.45, 2.75) is 38.5 Å². The summed E-state index contributed by atoms with van der Waals surface area (Å²) in [5, 5.41) is 0. The van der Waals surface area contributed by atoms with E-state index in [1.807, 2.05) is 0 Å². The Labute approximate surface area is 87.3 Å².